The average molecular weight is 253 g/mol. The highest BCUT2D eigenvalue weighted by molar-refractivity contribution is 5.69. The minimum atomic E-state index is -1.01. The Balaban J connectivity index is 3.17. The van der Waals surface area contributed by atoms with Crippen molar-refractivity contribution >= 4 is 12.4 Å². The molecule has 0 fully saturated rings. The van der Waals surface area contributed by atoms with Gasteiger partial charge in [0, 0.05) is 5.56 Å². The quantitative estimate of drug-likeness (QED) is 0.707. The summed E-state index contributed by atoms with van der Waals surface area (Å²) in [5.41, 5.74) is 0.561. The molecule has 0 aliphatic carbocycles. The molecular formula is C12H15NO5. The highest BCUT2D eigenvalue weighted by Gasteiger charge is 2.21. The van der Waals surface area contributed by atoms with Crippen molar-refractivity contribution in [1.82, 2.24) is 5.32 Å². The van der Waals surface area contributed by atoms with Crippen molar-refractivity contribution in [2.24, 2.45) is 0 Å². The van der Waals surface area contributed by atoms with E-state index in [-0.39, 0.29) is 6.42 Å². The summed E-state index contributed by atoms with van der Waals surface area (Å²) in [7, 11) is 2.95. The lowest BCUT2D eigenvalue weighted by atomic mass is 10.0. The van der Waals surface area contributed by atoms with E-state index in [2.05, 4.69) is 5.32 Å². The smallest absolute Gasteiger partial charge is 0.305 e. The summed E-state index contributed by atoms with van der Waals surface area (Å²) in [6.07, 6.45) is 0.231. The maximum Gasteiger partial charge on any atom is 0.305 e. The lowest BCUT2D eigenvalue weighted by Gasteiger charge is -2.19. The fraction of sp³-hybridized carbons (Fsp3) is 0.333. The van der Waals surface area contributed by atoms with Gasteiger partial charge in [-0.05, 0) is 6.07 Å². The molecule has 0 aliphatic heterocycles. The summed E-state index contributed by atoms with van der Waals surface area (Å²) in [6, 6.07) is 4.43. The van der Waals surface area contributed by atoms with Crippen LogP contribution in [0.3, 0.4) is 0 Å². The summed E-state index contributed by atoms with van der Waals surface area (Å²) in [4.78, 5) is 21.3. The van der Waals surface area contributed by atoms with Crippen LogP contribution in [0, 0.1) is 0 Å². The molecule has 0 spiro atoms. The number of amides is 1. The second-order valence-corrected chi connectivity index (χ2v) is 3.52. The Labute approximate surface area is 105 Å². The number of nitrogens with one attached hydrogen (secondary N) is 1. The van der Waals surface area contributed by atoms with E-state index in [0.717, 1.165) is 0 Å². The molecule has 1 aromatic carbocycles. The zero-order valence-electron chi connectivity index (χ0n) is 10.2. The number of carboxylic acid groups (broad SMARTS) is 1. The Morgan fingerprint density at radius 1 is 1.44 bits per heavy atom. The number of rotatable bonds is 7. The molecule has 18 heavy (non-hydrogen) atoms. The molecule has 0 aliphatic rings. The molecule has 1 aromatic rings. The highest BCUT2D eigenvalue weighted by atomic mass is 16.5. The number of benzene rings is 1. The Morgan fingerprint density at radius 3 is 2.67 bits per heavy atom. The first kappa shape index (κ1) is 13.8. The summed E-state index contributed by atoms with van der Waals surface area (Å²) in [6.45, 7) is 0. The SMILES string of the molecule is COc1cccc([C@@H](CC(=O)O)NC=O)c1OC. The fourth-order valence-corrected chi connectivity index (χ4v) is 1.70. The summed E-state index contributed by atoms with van der Waals surface area (Å²) in [5.74, 6) is -0.113. The van der Waals surface area contributed by atoms with Crippen molar-refractivity contribution in [3.8, 4) is 11.5 Å². The highest BCUT2D eigenvalue weighted by Crippen LogP contribution is 2.35. The van der Waals surface area contributed by atoms with E-state index in [1.54, 1.807) is 18.2 Å². The molecule has 98 valence electrons. The maximum absolute atomic E-state index is 10.8. The van der Waals surface area contributed by atoms with Gasteiger partial charge < -0.3 is 19.9 Å². The molecule has 0 saturated carbocycles. The van der Waals surface area contributed by atoms with Crippen molar-refractivity contribution in [3.63, 3.8) is 0 Å². The minimum Gasteiger partial charge on any atom is -0.493 e. The first-order chi connectivity index (χ1) is 8.63. The van der Waals surface area contributed by atoms with Crippen LogP contribution in [0.2, 0.25) is 0 Å². The third-order valence-electron chi connectivity index (χ3n) is 2.46. The lowest BCUT2D eigenvalue weighted by molar-refractivity contribution is -0.137. The third-order valence-corrected chi connectivity index (χ3v) is 2.46. The number of carbonyl (C=O) groups excluding carboxylic acids is 1. The molecule has 0 unspecified atom stereocenters. The van der Waals surface area contributed by atoms with Crippen LogP contribution in [0.4, 0.5) is 0 Å². The van der Waals surface area contributed by atoms with Crippen LogP contribution in [0.5, 0.6) is 11.5 Å². The van der Waals surface area contributed by atoms with Gasteiger partial charge in [-0.15, -0.1) is 0 Å². The molecule has 0 radical (unpaired) electrons. The van der Waals surface area contributed by atoms with Crippen LogP contribution >= 0.6 is 0 Å². The normalized spacial score (nSPS) is 11.4. The molecule has 0 bridgehead atoms. The van der Waals surface area contributed by atoms with Gasteiger partial charge in [-0.3, -0.25) is 9.59 Å². The summed E-state index contributed by atoms with van der Waals surface area (Å²) < 4.78 is 10.3. The van der Waals surface area contributed by atoms with Gasteiger partial charge >= 0.3 is 5.97 Å². The third kappa shape index (κ3) is 3.13. The van der Waals surface area contributed by atoms with Crippen LogP contribution < -0.4 is 14.8 Å². The van der Waals surface area contributed by atoms with Crippen LogP contribution in [0.15, 0.2) is 18.2 Å². The zero-order valence-corrected chi connectivity index (χ0v) is 10.2. The number of aliphatic carboxylic acids is 1. The Kier molecular flexibility index (Phi) is 4.98. The van der Waals surface area contributed by atoms with Gasteiger partial charge in [0.15, 0.2) is 11.5 Å². The maximum atomic E-state index is 10.8. The van der Waals surface area contributed by atoms with Crippen molar-refractivity contribution in [2.75, 3.05) is 14.2 Å². The molecule has 0 heterocycles. The molecule has 1 atom stereocenters. The van der Waals surface area contributed by atoms with Gasteiger partial charge in [-0.2, -0.15) is 0 Å². The molecular weight excluding hydrogens is 238 g/mol. The monoisotopic (exact) mass is 253 g/mol. The fourth-order valence-electron chi connectivity index (χ4n) is 1.70. The molecule has 6 nitrogen and oxygen atoms in total. The van der Waals surface area contributed by atoms with Gasteiger partial charge in [0.1, 0.15) is 0 Å². The van der Waals surface area contributed by atoms with Crippen molar-refractivity contribution in [3.05, 3.63) is 23.8 Å². The van der Waals surface area contributed by atoms with Gasteiger partial charge in [-0.1, -0.05) is 12.1 Å². The van der Waals surface area contributed by atoms with Gasteiger partial charge in [-0.25, -0.2) is 0 Å². The lowest BCUT2D eigenvalue weighted by Crippen LogP contribution is -2.23. The standard InChI is InChI=1S/C12H15NO5/c1-17-10-5-3-4-8(12(10)18-2)9(13-7-14)6-11(15)16/h3-5,7,9H,6H2,1-2H3,(H,13,14)(H,15,16)/t9-/m1/s1. The van der Waals surface area contributed by atoms with E-state index >= 15 is 0 Å². The number of methoxy groups -OCH3 is 2. The van der Waals surface area contributed by atoms with Gasteiger partial charge in [0.25, 0.3) is 0 Å². The molecule has 0 aromatic heterocycles. The molecule has 1 rings (SSSR count). The predicted molar refractivity (Wildman–Crippen MR) is 63.7 cm³/mol. The van der Waals surface area contributed by atoms with E-state index in [9.17, 15) is 9.59 Å². The Bertz CT molecular complexity index is 432. The van der Waals surface area contributed by atoms with Gasteiger partial charge in [0.2, 0.25) is 6.41 Å². The number of hydrogen-bond donors (Lipinski definition) is 2. The van der Waals surface area contributed by atoms with E-state index in [0.29, 0.717) is 23.5 Å². The van der Waals surface area contributed by atoms with Crippen LogP contribution in [-0.2, 0) is 9.59 Å². The Hall–Kier alpha value is -2.24. The largest absolute Gasteiger partial charge is 0.493 e. The molecule has 0 saturated heterocycles. The first-order valence-electron chi connectivity index (χ1n) is 5.26. The number of hydrogen-bond acceptors (Lipinski definition) is 4. The summed E-state index contributed by atoms with van der Waals surface area (Å²) in [5, 5.41) is 11.3. The van der Waals surface area contributed by atoms with Crippen LogP contribution in [0.25, 0.3) is 0 Å². The second-order valence-electron chi connectivity index (χ2n) is 3.52. The minimum absolute atomic E-state index is 0.234. The molecule has 6 heteroatoms. The molecule has 1 amide bonds. The van der Waals surface area contributed by atoms with E-state index in [4.69, 9.17) is 14.6 Å². The van der Waals surface area contributed by atoms with Crippen molar-refractivity contribution < 1.29 is 24.2 Å². The molecule has 2 N–H and O–H groups in total. The predicted octanol–water partition coefficient (Wildman–Crippen LogP) is 0.966. The summed E-state index contributed by atoms with van der Waals surface area (Å²) >= 11 is 0. The van der Waals surface area contributed by atoms with E-state index < -0.39 is 12.0 Å². The van der Waals surface area contributed by atoms with E-state index in [1.165, 1.54) is 14.2 Å². The second kappa shape index (κ2) is 6.48. The van der Waals surface area contributed by atoms with E-state index in [1.807, 2.05) is 0 Å². The van der Waals surface area contributed by atoms with Crippen LogP contribution in [-0.4, -0.2) is 31.7 Å². The number of carboxylic acids is 1. The topological polar surface area (TPSA) is 84.9 Å². The average Bonchev–Trinajstić information content (AvgIpc) is 2.36. The van der Waals surface area contributed by atoms with Crippen molar-refractivity contribution in [1.29, 1.82) is 0 Å². The van der Waals surface area contributed by atoms with Crippen molar-refractivity contribution in [2.45, 2.75) is 12.5 Å². The number of para-hydroxylation sites is 1. The Morgan fingerprint density at radius 2 is 2.17 bits per heavy atom. The first-order valence-corrected chi connectivity index (χ1v) is 5.26. The number of ether oxygens (including phenoxy) is 2. The zero-order chi connectivity index (χ0) is 13.5. The van der Waals surface area contributed by atoms with Gasteiger partial charge in [0.05, 0.1) is 26.7 Å². The van der Waals surface area contributed by atoms with Crippen LogP contribution in [0.1, 0.15) is 18.0 Å². The number of carbonyl (C=O) groups is 2.